The van der Waals surface area contributed by atoms with Crippen molar-refractivity contribution >= 4 is 0 Å². The summed E-state index contributed by atoms with van der Waals surface area (Å²) in [5, 5.41) is 12.4. The molecule has 0 saturated carbocycles. The summed E-state index contributed by atoms with van der Waals surface area (Å²) in [4.78, 5) is 0. The van der Waals surface area contributed by atoms with Crippen LogP contribution in [-0.2, 0) is 6.54 Å². The van der Waals surface area contributed by atoms with Gasteiger partial charge < -0.3 is 15.2 Å². The Kier molecular flexibility index (Phi) is 5.63. The lowest BCUT2D eigenvalue weighted by molar-refractivity contribution is 0.207. The molecule has 18 heavy (non-hydrogen) atoms. The van der Waals surface area contributed by atoms with Crippen LogP contribution in [0, 0.1) is 12.3 Å². The van der Waals surface area contributed by atoms with Gasteiger partial charge in [0, 0.05) is 19.7 Å². The Morgan fingerprint density at radius 2 is 2.06 bits per heavy atom. The van der Waals surface area contributed by atoms with Gasteiger partial charge in [-0.25, -0.2) is 0 Å². The first-order valence-electron chi connectivity index (χ1n) is 6.43. The molecular weight excluding hydrogens is 226 g/mol. The average Bonchev–Trinajstić information content (AvgIpc) is 2.29. The van der Waals surface area contributed by atoms with Crippen LogP contribution < -0.4 is 10.1 Å². The molecule has 0 aliphatic heterocycles. The third-order valence-electron chi connectivity index (χ3n) is 3.18. The van der Waals surface area contributed by atoms with Crippen LogP contribution in [0.5, 0.6) is 5.75 Å². The highest BCUT2D eigenvalue weighted by Crippen LogP contribution is 2.20. The first kappa shape index (κ1) is 15.0. The molecule has 0 atom stereocenters. The van der Waals surface area contributed by atoms with Crippen LogP contribution in [0.3, 0.4) is 0 Å². The molecule has 0 amide bonds. The van der Waals surface area contributed by atoms with E-state index < -0.39 is 0 Å². The molecule has 0 aliphatic rings. The number of methoxy groups -OCH3 is 1. The van der Waals surface area contributed by atoms with E-state index in [9.17, 15) is 0 Å². The number of aliphatic hydroxyl groups excluding tert-OH is 1. The molecule has 0 heterocycles. The second kappa shape index (κ2) is 6.76. The lowest BCUT2D eigenvalue weighted by Crippen LogP contribution is -2.29. The molecule has 0 spiro atoms. The van der Waals surface area contributed by atoms with E-state index in [0.29, 0.717) is 0 Å². The van der Waals surface area contributed by atoms with Gasteiger partial charge in [-0.05, 0) is 36.0 Å². The molecule has 0 bridgehead atoms. The van der Waals surface area contributed by atoms with Crippen LogP contribution in [-0.4, -0.2) is 25.4 Å². The molecule has 0 radical (unpaired) electrons. The maximum Gasteiger partial charge on any atom is 0.121 e. The molecule has 0 fully saturated rings. The lowest BCUT2D eigenvalue weighted by Gasteiger charge is -2.24. The van der Waals surface area contributed by atoms with Gasteiger partial charge in [-0.3, -0.25) is 0 Å². The molecule has 0 aromatic heterocycles. The van der Waals surface area contributed by atoms with E-state index in [0.717, 1.165) is 30.8 Å². The molecule has 102 valence electrons. The topological polar surface area (TPSA) is 41.5 Å². The Bertz CT molecular complexity index is 375. The van der Waals surface area contributed by atoms with Crippen molar-refractivity contribution in [2.75, 3.05) is 20.3 Å². The number of nitrogens with one attached hydrogen (secondary N) is 1. The van der Waals surface area contributed by atoms with Gasteiger partial charge in [0.15, 0.2) is 0 Å². The maximum atomic E-state index is 8.97. The fourth-order valence-corrected chi connectivity index (χ4v) is 1.99. The Morgan fingerprint density at radius 3 is 2.61 bits per heavy atom. The van der Waals surface area contributed by atoms with Crippen molar-refractivity contribution in [1.82, 2.24) is 5.32 Å². The molecule has 2 N–H and O–H groups in total. The molecule has 1 aromatic rings. The standard InChI is InChI=1S/C15H25NO2/c1-12-9-13(5-6-14(12)18-4)10-16-11-15(2,3)7-8-17/h5-6,9,16-17H,7-8,10-11H2,1-4H3. The summed E-state index contributed by atoms with van der Waals surface area (Å²) in [6, 6.07) is 6.23. The third kappa shape index (κ3) is 4.67. The summed E-state index contributed by atoms with van der Waals surface area (Å²) < 4.78 is 5.24. The predicted octanol–water partition coefficient (Wildman–Crippen LogP) is 2.50. The van der Waals surface area contributed by atoms with E-state index in [1.54, 1.807) is 7.11 Å². The van der Waals surface area contributed by atoms with Crippen molar-refractivity contribution in [2.45, 2.75) is 33.7 Å². The lowest BCUT2D eigenvalue weighted by atomic mass is 9.90. The monoisotopic (exact) mass is 251 g/mol. The highest BCUT2D eigenvalue weighted by Gasteiger charge is 2.16. The fourth-order valence-electron chi connectivity index (χ4n) is 1.99. The molecule has 3 nitrogen and oxygen atoms in total. The van der Waals surface area contributed by atoms with Crippen molar-refractivity contribution in [2.24, 2.45) is 5.41 Å². The van der Waals surface area contributed by atoms with E-state index >= 15 is 0 Å². The van der Waals surface area contributed by atoms with E-state index in [1.165, 1.54) is 5.56 Å². The number of rotatable bonds is 7. The second-order valence-corrected chi connectivity index (χ2v) is 5.55. The number of aryl methyl sites for hydroxylation is 1. The summed E-state index contributed by atoms with van der Waals surface area (Å²) in [6.07, 6.45) is 0.821. The van der Waals surface area contributed by atoms with Gasteiger partial charge in [-0.15, -0.1) is 0 Å². The largest absolute Gasteiger partial charge is 0.496 e. The minimum absolute atomic E-state index is 0.135. The molecule has 0 unspecified atom stereocenters. The smallest absolute Gasteiger partial charge is 0.121 e. The fraction of sp³-hybridized carbons (Fsp3) is 0.600. The number of benzene rings is 1. The molecule has 3 heteroatoms. The molecule has 0 saturated heterocycles. The van der Waals surface area contributed by atoms with Gasteiger partial charge in [0.05, 0.1) is 7.11 Å². The van der Waals surface area contributed by atoms with E-state index in [1.807, 2.05) is 6.07 Å². The van der Waals surface area contributed by atoms with Gasteiger partial charge in [-0.1, -0.05) is 26.0 Å². The highest BCUT2D eigenvalue weighted by atomic mass is 16.5. The summed E-state index contributed by atoms with van der Waals surface area (Å²) in [6.45, 7) is 8.37. The second-order valence-electron chi connectivity index (χ2n) is 5.55. The summed E-state index contributed by atoms with van der Waals surface area (Å²) in [5.74, 6) is 0.930. The van der Waals surface area contributed by atoms with Crippen LogP contribution in [0.4, 0.5) is 0 Å². The SMILES string of the molecule is COc1ccc(CNCC(C)(C)CCO)cc1C. The molecular formula is C15H25NO2. The van der Waals surface area contributed by atoms with Crippen molar-refractivity contribution in [1.29, 1.82) is 0 Å². The Balaban J connectivity index is 2.47. The van der Waals surface area contributed by atoms with E-state index in [4.69, 9.17) is 9.84 Å². The summed E-state index contributed by atoms with van der Waals surface area (Å²) in [7, 11) is 1.69. The number of ether oxygens (including phenoxy) is 1. The van der Waals surface area contributed by atoms with Crippen molar-refractivity contribution < 1.29 is 9.84 Å². The van der Waals surface area contributed by atoms with Crippen LogP contribution in [0.25, 0.3) is 0 Å². The number of hydrogen-bond acceptors (Lipinski definition) is 3. The van der Waals surface area contributed by atoms with Gasteiger partial charge in [0.2, 0.25) is 0 Å². The van der Waals surface area contributed by atoms with Crippen molar-refractivity contribution in [3.05, 3.63) is 29.3 Å². The molecule has 1 rings (SSSR count). The summed E-state index contributed by atoms with van der Waals surface area (Å²) in [5.41, 5.74) is 2.55. The Hall–Kier alpha value is -1.06. The zero-order valence-electron chi connectivity index (χ0n) is 11.9. The third-order valence-corrected chi connectivity index (χ3v) is 3.18. The van der Waals surface area contributed by atoms with Gasteiger partial charge in [0.1, 0.15) is 5.75 Å². The van der Waals surface area contributed by atoms with Gasteiger partial charge in [0.25, 0.3) is 0 Å². The Labute approximate surface area is 110 Å². The predicted molar refractivity (Wildman–Crippen MR) is 74.9 cm³/mol. The minimum atomic E-state index is 0.135. The molecule has 1 aromatic carbocycles. The maximum absolute atomic E-state index is 8.97. The minimum Gasteiger partial charge on any atom is -0.496 e. The van der Waals surface area contributed by atoms with Crippen molar-refractivity contribution in [3.8, 4) is 5.75 Å². The highest BCUT2D eigenvalue weighted by molar-refractivity contribution is 5.36. The van der Waals surface area contributed by atoms with Crippen molar-refractivity contribution in [3.63, 3.8) is 0 Å². The van der Waals surface area contributed by atoms with Crippen LogP contribution in [0.15, 0.2) is 18.2 Å². The van der Waals surface area contributed by atoms with Crippen LogP contribution in [0.1, 0.15) is 31.4 Å². The van der Waals surface area contributed by atoms with Crippen LogP contribution in [0.2, 0.25) is 0 Å². The van der Waals surface area contributed by atoms with Gasteiger partial charge in [-0.2, -0.15) is 0 Å². The van der Waals surface area contributed by atoms with E-state index in [2.05, 4.69) is 38.2 Å². The van der Waals surface area contributed by atoms with Crippen LogP contribution >= 0.6 is 0 Å². The quantitative estimate of drug-likeness (QED) is 0.782. The number of hydrogen-bond donors (Lipinski definition) is 2. The summed E-state index contributed by atoms with van der Waals surface area (Å²) >= 11 is 0. The molecule has 0 aliphatic carbocycles. The van der Waals surface area contributed by atoms with E-state index in [-0.39, 0.29) is 12.0 Å². The zero-order valence-corrected chi connectivity index (χ0v) is 11.9. The zero-order chi connectivity index (χ0) is 13.6. The number of aliphatic hydroxyl groups is 1. The Morgan fingerprint density at radius 1 is 1.33 bits per heavy atom. The first-order valence-corrected chi connectivity index (χ1v) is 6.43. The average molecular weight is 251 g/mol. The normalized spacial score (nSPS) is 11.6. The van der Waals surface area contributed by atoms with Gasteiger partial charge >= 0.3 is 0 Å². The first-order chi connectivity index (χ1) is 8.48.